The van der Waals surface area contributed by atoms with Crippen LogP contribution in [0.4, 0.5) is 8.78 Å². The summed E-state index contributed by atoms with van der Waals surface area (Å²) in [5.74, 6) is -1.03. The Bertz CT molecular complexity index is 983. The van der Waals surface area contributed by atoms with E-state index in [2.05, 4.69) is 9.72 Å². The second kappa shape index (κ2) is 8.79. The Kier molecular flexibility index (Phi) is 6.20. The Morgan fingerprint density at radius 1 is 1.25 bits per heavy atom. The lowest BCUT2D eigenvalue weighted by molar-refractivity contribution is -0.135. The van der Waals surface area contributed by atoms with E-state index in [9.17, 15) is 18.7 Å². The van der Waals surface area contributed by atoms with E-state index in [0.717, 1.165) is 10.2 Å². The molecule has 0 saturated carbocycles. The predicted molar refractivity (Wildman–Crippen MR) is 104 cm³/mol. The molecule has 3 rings (SSSR count). The molecule has 2 aromatic carbocycles. The van der Waals surface area contributed by atoms with Crippen LogP contribution in [0.5, 0.6) is 11.5 Å². The van der Waals surface area contributed by atoms with Crippen LogP contribution in [0.3, 0.4) is 0 Å². The standard InChI is InChI=1S/C20H17F2NO4S/c1-2-26-15-8-5-6-12(18(15)27-20(21)22)10-13(11-17(24)25)19-23-14-7-3-4-9-16(14)28-19/h3-10,20H,2,11H2,1H3,(H,24,25)/b13-10+. The predicted octanol–water partition coefficient (Wildman–Crippen LogP) is 5.31. The summed E-state index contributed by atoms with van der Waals surface area (Å²) < 4.78 is 36.8. The van der Waals surface area contributed by atoms with Crippen molar-refractivity contribution in [2.45, 2.75) is 20.0 Å². The highest BCUT2D eigenvalue weighted by Crippen LogP contribution is 2.37. The van der Waals surface area contributed by atoms with Crippen molar-refractivity contribution in [2.24, 2.45) is 0 Å². The molecule has 0 saturated heterocycles. The molecule has 0 bridgehead atoms. The Morgan fingerprint density at radius 2 is 2.04 bits per heavy atom. The number of carboxylic acid groups (broad SMARTS) is 1. The molecule has 1 heterocycles. The number of para-hydroxylation sites is 2. The number of aliphatic carboxylic acids is 1. The van der Waals surface area contributed by atoms with Crippen LogP contribution < -0.4 is 9.47 Å². The van der Waals surface area contributed by atoms with Gasteiger partial charge in [-0.05, 0) is 36.8 Å². The topological polar surface area (TPSA) is 68.7 Å². The van der Waals surface area contributed by atoms with Gasteiger partial charge in [0, 0.05) is 5.56 Å². The van der Waals surface area contributed by atoms with Gasteiger partial charge in [0.1, 0.15) is 5.01 Å². The fourth-order valence-corrected chi connectivity index (χ4v) is 3.66. The Balaban J connectivity index is 2.12. The lowest BCUT2D eigenvalue weighted by Gasteiger charge is -2.14. The number of ether oxygens (including phenoxy) is 2. The number of hydrogen-bond acceptors (Lipinski definition) is 5. The molecule has 1 aromatic heterocycles. The van der Waals surface area contributed by atoms with Gasteiger partial charge >= 0.3 is 12.6 Å². The van der Waals surface area contributed by atoms with Crippen molar-refractivity contribution < 1.29 is 28.2 Å². The number of nitrogens with zero attached hydrogens (tertiary/aromatic N) is 1. The van der Waals surface area contributed by atoms with Gasteiger partial charge in [-0.3, -0.25) is 4.79 Å². The summed E-state index contributed by atoms with van der Waals surface area (Å²) in [6, 6.07) is 12.1. The summed E-state index contributed by atoms with van der Waals surface area (Å²) in [6.07, 6.45) is 1.19. The number of hydrogen-bond donors (Lipinski definition) is 1. The van der Waals surface area contributed by atoms with E-state index < -0.39 is 12.6 Å². The molecule has 0 radical (unpaired) electrons. The van der Waals surface area contributed by atoms with E-state index in [1.165, 1.54) is 23.5 Å². The maximum absolute atomic E-state index is 12.9. The summed E-state index contributed by atoms with van der Waals surface area (Å²) in [5.41, 5.74) is 1.43. The normalized spacial score (nSPS) is 11.8. The molecule has 0 spiro atoms. The average molecular weight is 405 g/mol. The highest BCUT2D eigenvalue weighted by molar-refractivity contribution is 7.19. The minimum absolute atomic E-state index is 0.136. The van der Waals surface area contributed by atoms with Gasteiger partial charge in [-0.15, -0.1) is 11.3 Å². The third kappa shape index (κ3) is 4.64. The Morgan fingerprint density at radius 3 is 2.71 bits per heavy atom. The number of halogens is 2. The molecular weight excluding hydrogens is 388 g/mol. The number of carboxylic acids is 1. The zero-order valence-electron chi connectivity index (χ0n) is 14.9. The quantitative estimate of drug-likeness (QED) is 0.550. The molecule has 0 atom stereocenters. The highest BCUT2D eigenvalue weighted by Gasteiger charge is 2.18. The molecule has 8 heteroatoms. The molecule has 5 nitrogen and oxygen atoms in total. The first-order valence-electron chi connectivity index (χ1n) is 8.47. The number of alkyl halides is 2. The van der Waals surface area contributed by atoms with Gasteiger partial charge in [-0.2, -0.15) is 8.78 Å². The smallest absolute Gasteiger partial charge is 0.387 e. The van der Waals surface area contributed by atoms with Crippen molar-refractivity contribution in [3.63, 3.8) is 0 Å². The SMILES string of the molecule is CCOc1cccc(/C=C(\CC(=O)O)c2nc3ccccc3s2)c1OC(F)F. The van der Waals surface area contributed by atoms with E-state index in [1.54, 1.807) is 19.1 Å². The van der Waals surface area contributed by atoms with Crippen LogP contribution >= 0.6 is 11.3 Å². The molecule has 1 N–H and O–H groups in total. The summed E-state index contributed by atoms with van der Waals surface area (Å²) in [4.78, 5) is 15.9. The fraction of sp³-hybridized carbons (Fsp3) is 0.200. The molecular formula is C20H17F2NO4S. The fourth-order valence-electron chi connectivity index (χ4n) is 2.68. The first-order chi connectivity index (χ1) is 13.5. The zero-order valence-corrected chi connectivity index (χ0v) is 15.7. The zero-order chi connectivity index (χ0) is 20.1. The van der Waals surface area contributed by atoms with Crippen LogP contribution in [-0.2, 0) is 4.79 Å². The third-order valence-corrected chi connectivity index (χ3v) is 4.87. The maximum Gasteiger partial charge on any atom is 0.387 e. The Labute approximate surface area is 163 Å². The van der Waals surface area contributed by atoms with Gasteiger partial charge in [0.05, 0.1) is 23.2 Å². The van der Waals surface area contributed by atoms with Crippen LogP contribution in [-0.4, -0.2) is 29.3 Å². The molecule has 0 aliphatic carbocycles. The lowest BCUT2D eigenvalue weighted by atomic mass is 10.1. The monoisotopic (exact) mass is 405 g/mol. The van der Waals surface area contributed by atoms with Crippen molar-refractivity contribution in [1.29, 1.82) is 0 Å². The van der Waals surface area contributed by atoms with E-state index in [-0.39, 0.29) is 24.5 Å². The second-order valence-electron chi connectivity index (χ2n) is 5.71. The van der Waals surface area contributed by atoms with Crippen LogP contribution in [0.25, 0.3) is 21.9 Å². The van der Waals surface area contributed by atoms with Gasteiger partial charge in [0.15, 0.2) is 11.5 Å². The second-order valence-corrected chi connectivity index (χ2v) is 6.74. The van der Waals surface area contributed by atoms with Gasteiger partial charge in [-0.25, -0.2) is 4.98 Å². The van der Waals surface area contributed by atoms with Gasteiger partial charge in [0.25, 0.3) is 0 Å². The van der Waals surface area contributed by atoms with Crippen LogP contribution in [0, 0.1) is 0 Å². The van der Waals surface area contributed by atoms with E-state index in [0.29, 0.717) is 16.1 Å². The molecule has 146 valence electrons. The largest absolute Gasteiger partial charge is 0.490 e. The van der Waals surface area contributed by atoms with Crippen molar-refractivity contribution in [1.82, 2.24) is 4.98 Å². The van der Waals surface area contributed by atoms with Gasteiger partial charge in [0.2, 0.25) is 0 Å². The summed E-state index contributed by atoms with van der Waals surface area (Å²) >= 11 is 1.34. The molecule has 0 aliphatic heterocycles. The van der Waals surface area contributed by atoms with Crippen LogP contribution in [0.15, 0.2) is 42.5 Å². The first-order valence-corrected chi connectivity index (χ1v) is 9.28. The number of thiazole rings is 1. The minimum atomic E-state index is -3.04. The average Bonchev–Trinajstić information content (AvgIpc) is 3.07. The minimum Gasteiger partial charge on any atom is -0.490 e. The Hall–Kier alpha value is -3.00. The van der Waals surface area contributed by atoms with Crippen molar-refractivity contribution in [2.75, 3.05) is 6.61 Å². The van der Waals surface area contributed by atoms with Gasteiger partial charge < -0.3 is 14.6 Å². The number of carbonyl (C=O) groups is 1. The molecule has 28 heavy (non-hydrogen) atoms. The summed E-state index contributed by atoms with van der Waals surface area (Å²) in [7, 11) is 0. The van der Waals surface area contributed by atoms with E-state index in [1.807, 2.05) is 24.3 Å². The first kappa shape index (κ1) is 19.8. The van der Waals surface area contributed by atoms with Crippen LogP contribution in [0.1, 0.15) is 23.9 Å². The molecule has 0 aliphatic rings. The maximum atomic E-state index is 12.9. The molecule has 0 unspecified atom stereocenters. The van der Waals surface area contributed by atoms with Gasteiger partial charge in [-0.1, -0.05) is 24.3 Å². The van der Waals surface area contributed by atoms with Crippen LogP contribution in [0.2, 0.25) is 0 Å². The number of fused-ring (bicyclic) bond motifs is 1. The number of rotatable bonds is 8. The van der Waals surface area contributed by atoms with Crippen molar-refractivity contribution in [3.8, 4) is 11.5 Å². The number of aromatic nitrogens is 1. The van der Waals surface area contributed by atoms with E-state index in [4.69, 9.17) is 4.74 Å². The third-order valence-electron chi connectivity index (χ3n) is 3.76. The number of benzene rings is 2. The highest BCUT2D eigenvalue weighted by atomic mass is 32.1. The summed E-state index contributed by atoms with van der Waals surface area (Å²) in [5, 5.41) is 9.82. The molecule has 0 amide bonds. The molecule has 0 fully saturated rings. The summed E-state index contributed by atoms with van der Waals surface area (Å²) in [6.45, 7) is -1.04. The van der Waals surface area contributed by atoms with Crippen molar-refractivity contribution >= 4 is 39.2 Å². The van der Waals surface area contributed by atoms with Crippen molar-refractivity contribution in [3.05, 3.63) is 53.0 Å². The molecule has 3 aromatic rings. The van der Waals surface area contributed by atoms with E-state index >= 15 is 0 Å². The lowest BCUT2D eigenvalue weighted by Crippen LogP contribution is -2.06.